The fourth-order valence-electron chi connectivity index (χ4n) is 10.1. The smallest absolute Gasteiger partial charge is 0.0726 e. The van der Waals surface area contributed by atoms with E-state index in [2.05, 4.69) is 206 Å². The third-order valence-electron chi connectivity index (χ3n) is 12.4. The molecule has 56 heavy (non-hydrogen) atoms. The molecule has 0 fully saturated rings. The molecule has 1 spiro atoms. The van der Waals surface area contributed by atoms with E-state index >= 15 is 0 Å². The average Bonchev–Trinajstić information content (AvgIpc) is 3.90. The lowest BCUT2D eigenvalue weighted by Crippen LogP contribution is -2.26. The maximum Gasteiger partial charge on any atom is 0.0726 e. The van der Waals surface area contributed by atoms with E-state index in [-0.39, 0.29) is 0 Å². The Bertz CT molecular complexity index is 3160. The van der Waals surface area contributed by atoms with Gasteiger partial charge in [-0.2, -0.15) is 0 Å². The minimum absolute atomic E-state index is 0.431. The van der Waals surface area contributed by atoms with Gasteiger partial charge in [0.15, 0.2) is 0 Å². The van der Waals surface area contributed by atoms with Crippen LogP contribution < -0.4 is 4.90 Å². The van der Waals surface area contributed by atoms with Gasteiger partial charge in [-0.05, 0) is 104 Å². The van der Waals surface area contributed by atoms with Gasteiger partial charge in [-0.25, -0.2) is 0 Å². The Morgan fingerprint density at radius 1 is 0.411 bits per heavy atom. The highest BCUT2D eigenvalue weighted by molar-refractivity contribution is 7.26. The predicted octanol–water partition coefficient (Wildman–Crippen LogP) is 15.0. The van der Waals surface area contributed by atoms with Gasteiger partial charge in [0, 0.05) is 26.7 Å². The second-order valence-electron chi connectivity index (χ2n) is 15.2. The van der Waals surface area contributed by atoms with Gasteiger partial charge in [-0.1, -0.05) is 164 Å². The second kappa shape index (κ2) is 11.9. The first kappa shape index (κ1) is 31.6. The number of nitrogens with zero attached hydrogens (tertiary/aromatic N) is 1. The summed E-state index contributed by atoms with van der Waals surface area (Å²) in [6, 6.07) is 72.4. The number of thiophene rings is 1. The number of benzene rings is 9. The number of aryl methyl sites for hydroxylation is 1. The van der Waals surface area contributed by atoms with E-state index in [1.807, 2.05) is 11.3 Å². The zero-order valence-electron chi connectivity index (χ0n) is 30.8. The lowest BCUT2D eigenvalue weighted by molar-refractivity contribution is 0.793. The molecule has 0 saturated carbocycles. The van der Waals surface area contributed by atoms with Crippen molar-refractivity contribution in [3.8, 4) is 33.4 Å². The van der Waals surface area contributed by atoms with Crippen molar-refractivity contribution in [3.05, 3.63) is 222 Å². The largest absolute Gasteiger partial charge is 0.308 e. The van der Waals surface area contributed by atoms with Gasteiger partial charge >= 0.3 is 0 Å². The molecular formula is C54H35NS. The zero-order chi connectivity index (χ0) is 37.0. The Morgan fingerprint density at radius 2 is 0.964 bits per heavy atom. The molecule has 2 heteroatoms. The Morgan fingerprint density at radius 3 is 1.68 bits per heavy atom. The molecule has 0 aliphatic heterocycles. The number of hydrogen-bond donors (Lipinski definition) is 0. The number of para-hydroxylation sites is 1. The Hall–Kier alpha value is -6.74. The third kappa shape index (κ3) is 4.20. The first-order valence-electron chi connectivity index (χ1n) is 19.4. The van der Waals surface area contributed by atoms with Crippen LogP contribution in [-0.2, 0) is 5.41 Å². The molecule has 10 aromatic rings. The molecule has 0 unspecified atom stereocenters. The van der Waals surface area contributed by atoms with E-state index in [0.29, 0.717) is 0 Å². The van der Waals surface area contributed by atoms with Crippen LogP contribution in [0.3, 0.4) is 0 Å². The first-order valence-corrected chi connectivity index (χ1v) is 20.3. The molecule has 0 radical (unpaired) electrons. The van der Waals surface area contributed by atoms with E-state index in [4.69, 9.17) is 0 Å². The van der Waals surface area contributed by atoms with Crippen molar-refractivity contribution in [3.63, 3.8) is 0 Å². The zero-order valence-corrected chi connectivity index (χ0v) is 31.6. The minimum atomic E-state index is -0.431. The highest BCUT2D eigenvalue weighted by atomic mass is 32.1. The summed E-state index contributed by atoms with van der Waals surface area (Å²) in [7, 11) is 0. The van der Waals surface area contributed by atoms with Gasteiger partial charge in [-0.3, -0.25) is 0 Å². The van der Waals surface area contributed by atoms with Crippen LogP contribution in [0.4, 0.5) is 17.1 Å². The van der Waals surface area contributed by atoms with E-state index in [9.17, 15) is 0 Å². The SMILES string of the molecule is Cc1cc2ccccc2c2c1sc1c(N(c3ccc4c(c3)C3(c5ccccc5-c5ccccc53)c3ccccc3-4)c3ccccc3-c3ccccc3)cccc12. The van der Waals surface area contributed by atoms with Gasteiger partial charge in [-0.15, -0.1) is 11.3 Å². The third-order valence-corrected chi connectivity index (χ3v) is 13.7. The number of fused-ring (bicyclic) bond motifs is 15. The predicted molar refractivity (Wildman–Crippen MR) is 238 cm³/mol. The summed E-state index contributed by atoms with van der Waals surface area (Å²) in [5.41, 5.74) is 17.4. The molecule has 0 amide bonds. The van der Waals surface area contributed by atoms with Gasteiger partial charge in [0.05, 0.1) is 21.5 Å². The van der Waals surface area contributed by atoms with Crippen molar-refractivity contribution >= 4 is 59.3 Å². The maximum absolute atomic E-state index is 2.54. The Balaban J connectivity index is 1.19. The van der Waals surface area contributed by atoms with Crippen molar-refractivity contribution in [2.75, 3.05) is 4.90 Å². The lowest BCUT2D eigenvalue weighted by Gasteiger charge is -2.33. The van der Waals surface area contributed by atoms with Crippen LogP contribution >= 0.6 is 11.3 Å². The molecule has 9 aromatic carbocycles. The topological polar surface area (TPSA) is 3.24 Å². The van der Waals surface area contributed by atoms with Crippen molar-refractivity contribution in [1.82, 2.24) is 0 Å². The minimum Gasteiger partial charge on any atom is -0.308 e. The number of hydrogen-bond acceptors (Lipinski definition) is 2. The van der Waals surface area contributed by atoms with Crippen molar-refractivity contribution < 1.29 is 0 Å². The summed E-state index contributed by atoms with van der Waals surface area (Å²) < 4.78 is 2.64. The highest BCUT2D eigenvalue weighted by Crippen LogP contribution is 2.63. The molecule has 1 nitrogen and oxygen atoms in total. The van der Waals surface area contributed by atoms with Crippen LogP contribution in [0, 0.1) is 6.92 Å². The van der Waals surface area contributed by atoms with Gasteiger partial charge in [0.25, 0.3) is 0 Å². The summed E-state index contributed by atoms with van der Waals surface area (Å²) in [6.07, 6.45) is 0. The van der Waals surface area contributed by atoms with Crippen LogP contribution in [0.2, 0.25) is 0 Å². The number of anilines is 3. The molecule has 0 bridgehead atoms. The van der Waals surface area contributed by atoms with E-state index in [1.165, 1.54) is 97.8 Å². The molecule has 0 N–H and O–H groups in total. The van der Waals surface area contributed by atoms with Crippen LogP contribution in [0.5, 0.6) is 0 Å². The monoisotopic (exact) mass is 729 g/mol. The summed E-state index contributed by atoms with van der Waals surface area (Å²) >= 11 is 1.92. The van der Waals surface area contributed by atoms with Crippen LogP contribution in [0.25, 0.3) is 64.3 Å². The van der Waals surface area contributed by atoms with Crippen LogP contribution in [-0.4, -0.2) is 0 Å². The quantitative estimate of drug-likeness (QED) is 0.174. The van der Waals surface area contributed by atoms with Crippen molar-refractivity contribution in [1.29, 1.82) is 0 Å². The highest BCUT2D eigenvalue weighted by Gasteiger charge is 2.51. The Labute approximate surface area is 330 Å². The van der Waals surface area contributed by atoms with E-state index in [0.717, 1.165) is 11.4 Å². The summed E-state index contributed by atoms with van der Waals surface area (Å²) in [5.74, 6) is 0. The molecular weight excluding hydrogens is 695 g/mol. The standard InChI is InChI=1S/C54H35NS/c1-34-32-36-18-5-6-20-39(36)51-44-24-15-29-50(53(44)56-52(34)51)55(49-28-14-10-19-38(49)35-16-3-2-4-17-35)37-30-31-43-42-23-9-13-27-47(42)54(48(43)33-37)45-25-11-7-21-40(45)41-22-8-12-26-46(41)54/h2-33H,1H3. The second-order valence-corrected chi connectivity index (χ2v) is 16.2. The molecule has 1 heterocycles. The van der Waals surface area contributed by atoms with Crippen molar-refractivity contribution in [2.24, 2.45) is 0 Å². The fraction of sp³-hybridized carbons (Fsp3) is 0.0370. The van der Waals surface area contributed by atoms with Gasteiger partial charge in [0.1, 0.15) is 0 Å². The normalized spacial score (nSPS) is 13.2. The molecule has 2 aliphatic carbocycles. The number of rotatable bonds is 4. The molecule has 262 valence electrons. The summed E-state index contributed by atoms with van der Waals surface area (Å²) in [6.45, 7) is 2.27. The fourth-order valence-corrected chi connectivity index (χ4v) is 11.4. The molecule has 2 aliphatic rings. The maximum atomic E-state index is 2.54. The summed E-state index contributed by atoms with van der Waals surface area (Å²) in [4.78, 5) is 2.54. The lowest BCUT2D eigenvalue weighted by atomic mass is 9.70. The molecule has 0 atom stereocenters. The van der Waals surface area contributed by atoms with Gasteiger partial charge in [0.2, 0.25) is 0 Å². The average molecular weight is 730 g/mol. The molecule has 1 aromatic heterocycles. The molecule has 0 saturated heterocycles. The molecule has 12 rings (SSSR count). The summed E-state index contributed by atoms with van der Waals surface area (Å²) in [5, 5.41) is 5.24. The van der Waals surface area contributed by atoms with Crippen molar-refractivity contribution in [2.45, 2.75) is 12.3 Å². The Kier molecular flexibility index (Phi) is 6.70. The first-order chi connectivity index (χ1) is 27.7. The van der Waals surface area contributed by atoms with Gasteiger partial charge < -0.3 is 4.90 Å². The van der Waals surface area contributed by atoms with Crippen LogP contribution in [0.15, 0.2) is 194 Å². The van der Waals surface area contributed by atoms with E-state index in [1.54, 1.807) is 0 Å². The van der Waals surface area contributed by atoms with Crippen LogP contribution in [0.1, 0.15) is 27.8 Å². The van der Waals surface area contributed by atoms with E-state index < -0.39 is 5.41 Å².